The van der Waals surface area contributed by atoms with E-state index in [0.717, 1.165) is 12.8 Å². The first-order valence-corrected chi connectivity index (χ1v) is 6.35. The molecule has 19 heavy (non-hydrogen) atoms. The third-order valence-electron chi connectivity index (χ3n) is 2.58. The van der Waals surface area contributed by atoms with Crippen molar-refractivity contribution in [2.24, 2.45) is 0 Å². The third-order valence-corrected chi connectivity index (χ3v) is 2.58. The number of rotatable bonds is 8. The molecule has 0 saturated heterocycles. The van der Waals surface area contributed by atoms with Crippen molar-refractivity contribution in [2.75, 3.05) is 19.8 Å². The van der Waals surface area contributed by atoms with Crippen LogP contribution in [0.2, 0.25) is 0 Å². The van der Waals surface area contributed by atoms with Crippen molar-refractivity contribution in [3.63, 3.8) is 0 Å². The highest BCUT2D eigenvalue weighted by molar-refractivity contribution is 6.04. The van der Waals surface area contributed by atoms with Gasteiger partial charge in [-0.1, -0.05) is 25.5 Å². The number of carboxylic acid groups (broad SMARTS) is 1. The van der Waals surface area contributed by atoms with Gasteiger partial charge in [0.15, 0.2) is 0 Å². The van der Waals surface area contributed by atoms with Crippen LogP contribution >= 0.6 is 0 Å². The van der Waals surface area contributed by atoms with Crippen molar-refractivity contribution >= 4 is 11.9 Å². The van der Waals surface area contributed by atoms with Crippen LogP contribution in [-0.4, -0.2) is 36.7 Å². The highest BCUT2D eigenvalue weighted by atomic mass is 16.5. The van der Waals surface area contributed by atoms with Gasteiger partial charge in [0.25, 0.3) is 5.91 Å². The van der Waals surface area contributed by atoms with Crippen LogP contribution in [-0.2, 0) is 4.74 Å². The lowest BCUT2D eigenvalue weighted by Crippen LogP contribution is -2.28. The molecule has 1 rings (SSSR count). The smallest absolute Gasteiger partial charge is 0.336 e. The summed E-state index contributed by atoms with van der Waals surface area (Å²) in [6, 6.07) is 6.14. The monoisotopic (exact) mass is 265 g/mol. The first kappa shape index (κ1) is 15.2. The molecule has 1 amide bonds. The van der Waals surface area contributed by atoms with Crippen LogP contribution < -0.4 is 5.32 Å². The summed E-state index contributed by atoms with van der Waals surface area (Å²) in [6.45, 7) is 3.56. The lowest BCUT2D eigenvalue weighted by molar-refractivity contribution is 0.0690. The zero-order valence-electron chi connectivity index (χ0n) is 11.0. The molecule has 1 aromatic carbocycles. The molecule has 5 nitrogen and oxygen atoms in total. The normalized spacial score (nSPS) is 10.2. The van der Waals surface area contributed by atoms with E-state index in [1.165, 1.54) is 12.1 Å². The van der Waals surface area contributed by atoms with Crippen molar-refractivity contribution in [1.82, 2.24) is 5.32 Å². The summed E-state index contributed by atoms with van der Waals surface area (Å²) in [5.74, 6) is -1.50. The van der Waals surface area contributed by atoms with E-state index in [4.69, 9.17) is 9.84 Å². The number of carbonyl (C=O) groups excluding carboxylic acids is 1. The summed E-state index contributed by atoms with van der Waals surface area (Å²) < 4.78 is 5.31. The number of hydrogen-bond donors (Lipinski definition) is 2. The Labute approximate surface area is 112 Å². The Morgan fingerprint density at radius 3 is 2.53 bits per heavy atom. The Bertz CT molecular complexity index is 431. The van der Waals surface area contributed by atoms with E-state index in [2.05, 4.69) is 12.2 Å². The minimum Gasteiger partial charge on any atom is -0.478 e. The van der Waals surface area contributed by atoms with Gasteiger partial charge in [-0.2, -0.15) is 0 Å². The summed E-state index contributed by atoms with van der Waals surface area (Å²) in [4.78, 5) is 22.8. The fourth-order valence-electron chi connectivity index (χ4n) is 1.55. The van der Waals surface area contributed by atoms with Gasteiger partial charge in [-0.25, -0.2) is 4.79 Å². The van der Waals surface area contributed by atoms with Gasteiger partial charge < -0.3 is 15.2 Å². The molecule has 0 fully saturated rings. The molecule has 0 aliphatic heterocycles. The Morgan fingerprint density at radius 1 is 1.21 bits per heavy atom. The first-order chi connectivity index (χ1) is 9.16. The molecule has 0 aromatic heterocycles. The second-order valence-corrected chi connectivity index (χ2v) is 4.07. The Hall–Kier alpha value is -1.88. The largest absolute Gasteiger partial charge is 0.478 e. The van der Waals surface area contributed by atoms with Crippen molar-refractivity contribution in [3.8, 4) is 0 Å². The van der Waals surface area contributed by atoms with Crippen LogP contribution in [0, 0.1) is 0 Å². The van der Waals surface area contributed by atoms with E-state index < -0.39 is 11.9 Å². The fraction of sp³-hybridized carbons (Fsp3) is 0.429. The lowest BCUT2D eigenvalue weighted by atomic mass is 10.1. The maximum absolute atomic E-state index is 11.8. The van der Waals surface area contributed by atoms with Gasteiger partial charge in [0.2, 0.25) is 0 Å². The molecule has 1 aromatic rings. The summed E-state index contributed by atoms with van der Waals surface area (Å²) in [5.41, 5.74) is 0.176. The Morgan fingerprint density at radius 2 is 1.89 bits per heavy atom. The van der Waals surface area contributed by atoms with Crippen LogP contribution in [0.25, 0.3) is 0 Å². The SMILES string of the molecule is CCCCOCCNC(=O)c1ccccc1C(=O)O. The quantitative estimate of drug-likeness (QED) is 0.704. The molecule has 0 aliphatic rings. The number of carbonyl (C=O) groups is 2. The number of ether oxygens (including phenoxy) is 1. The average Bonchev–Trinajstić information content (AvgIpc) is 2.42. The Kier molecular flexibility index (Phi) is 6.60. The molecule has 0 spiro atoms. The predicted octanol–water partition coefficient (Wildman–Crippen LogP) is 1.93. The van der Waals surface area contributed by atoms with Gasteiger partial charge in [-0.15, -0.1) is 0 Å². The molecule has 0 aliphatic carbocycles. The van der Waals surface area contributed by atoms with Crippen LogP contribution in [0.1, 0.15) is 40.5 Å². The lowest BCUT2D eigenvalue weighted by Gasteiger charge is -2.08. The van der Waals surface area contributed by atoms with Gasteiger partial charge in [-0.3, -0.25) is 4.79 Å². The third kappa shape index (κ3) is 5.09. The van der Waals surface area contributed by atoms with E-state index in [-0.39, 0.29) is 11.1 Å². The zero-order valence-corrected chi connectivity index (χ0v) is 11.0. The van der Waals surface area contributed by atoms with E-state index in [1.807, 2.05) is 0 Å². The maximum atomic E-state index is 11.8. The summed E-state index contributed by atoms with van der Waals surface area (Å²) in [5, 5.41) is 11.6. The molecule has 0 heterocycles. The molecule has 5 heteroatoms. The maximum Gasteiger partial charge on any atom is 0.336 e. The van der Waals surface area contributed by atoms with Gasteiger partial charge in [0.1, 0.15) is 0 Å². The van der Waals surface area contributed by atoms with Gasteiger partial charge in [-0.05, 0) is 18.6 Å². The number of aromatic carboxylic acids is 1. The summed E-state index contributed by atoms with van der Waals surface area (Å²) >= 11 is 0. The number of nitrogens with one attached hydrogen (secondary N) is 1. The van der Waals surface area contributed by atoms with Crippen LogP contribution in [0.4, 0.5) is 0 Å². The second kappa shape index (κ2) is 8.26. The van der Waals surface area contributed by atoms with E-state index in [0.29, 0.717) is 19.8 Å². The topological polar surface area (TPSA) is 75.6 Å². The van der Waals surface area contributed by atoms with Crippen molar-refractivity contribution in [2.45, 2.75) is 19.8 Å². The standard InChI is InChI=1S/C14H19NO4/c1-2-3-9-19-10-8-15-13(16)11-6-4-5-7-12(11)14(17)18/h4-7H,2-3,8-10H2,1H3,(H,15,16)(H,17,18). The number of benzene rings is 1. The molecule has 0 radical (unpaired) electrons. The summed E-state index contributed by atoms with van der Waals surface area (Å²) in [6.07, 6.45) is 2.06. The number of hydrogen-bond acceptors (Lipinski definition) is 3. The molecule has 0 unspecified atom stereocenters. The van der Waals surface area contributed by atoms with Crippen LogP contribution in [0.15, 0.2) is 24.3 Å². The molecular formula is C14H19NO4. The van der Waals surface area contributed by atoms with Crippen molar-refractivity contribution in [1.29, 1.82) is 0 Å². The predicted molar refractivity (Wildman–Crippen MR) is 71.5 cm³/mol. The molecule has 0 bridgehead atoms. The number of carboxylic acids is 1. The average molecular weight is 265 g/mol. The highest BCUT2D eigenvalue weighted by Gasteiger charge is 2.14. The Balaban J connectivity index is 2.43. The van der Waals surface area contributed by atoms with Gasteiger partial charge in [0.05, 0.1) is 17.7 Å². The molecule has 0 saturated carbocycles. The van der Waals surface area contributed by atoms with E-state index in [1.54, 1.807) is 12.1 Å². The fourth-order valence-corrected chi connectivity index (χ4v) is 1.55. The van der Waals surface area contributed by atoms with Gasteiger partial charge in [0, 0.05) is 13.2 Å². The zero-order chi connectivity index (χ0) is 14.1. The van der Waals surface area contributed by atoms with Crippen LogP contribution in [0.5, 0.6) is 0 Å². The highest BCUT2D eigenvalue weighted by Crippen LogP contribution is 2.08. The van der Waals surface area contributed by atoms with E-state index >= 15 is 0 Å². The summed E-state index contributed by atoms with van der Waals surface area (Å²) in [7, 11) is 0. The first-order valence-electron chi connectivity index (χ1n) is 6.35. The molecule has 2 N–H and O–H groups in total. The second-order valence-electron chi connectivity index (χ2n) is 4.07. The molecule has 0 atom stereocenters. The van der Waals surface area contributed by atoms with Gasteiger partial charge >= 0.3 is 5.97 Å². The van der Waals surface area contributed by atoms with Crippen molar-refractivity contribution in [3.05, 3.63) is 35.4 Å². The van der Waals surface area contributed by atoms with Crippen molar-refractivity contribution < 1.29 is 19.4 Å². The molecule has 104 valence electrons. The van der Waals surface area contributed by atoms with Crippen LogP contribution in [0.3, 0.4) is 0 Å². The van der Waals surface area contributed by atoms with E-state index in [9.17, 15) is 9.59 Å². The molecular weight excluding hydrogens is 246 g/mol. The minimum atomic E-state index is -1.11. The number of amides is 1. The minimum absolute atomic E-state index is 0.00639. The number of unbranched alkanes of at least 4 members (excludes halogenated alkanes) is 1.